The highest BCUT2D eigenvalue weighted by Gasteiger charge is 2.34. The highest BCUT2D eigenvalue weighted by atomic mass is 16.6. The number of benzene rings is 1. The van der Waals surface area contributed by atoms with Gasteiger partial charge in [0.05, 0.1) is 30.1 Å². The van der Waals surface area contributed by atoms with Crippen molar-refractivity contribution in [1.82, 2.24) is 4.90 Å². The number of hydrogen-bond donors (Lipinski definition) is 1. The van der Waals surface area contributed by atoms with Gasteiger partial charge in [0.15, 0.2) is 0 Å². The second kappa shape index (κ2) is 6.19. The number of non-ortho nitro benzene ring substituents is 1. The Balaban J connectivity index is 2.15. The van der Waals surface area contributed by atoms with Crippen LogP contribution in [0.2, 0.25) is 0 Å². The van der Waals surface area contributed by atoms with Gasteiger partial charge in [0.25, 0.3) is 5.69 Å². The van der Waals surface area contributed by atoms with Gasteiger partial charge in [0.1, 0.15) is 0 Å². The Morgan fingerprint density at radius 3 is 2.81 bits per heavy atom. The van der Waals surface area contributed by atoms with E-state index in [0.717, 1.165) is 0 Å². The molecule has 3 unspecified atom stereocenters. The van der Waals surface area contributed by atoms with E-state index < -0.39 is 4.92 Å². The van der Waals surface area contributed by atoms with Crippen molar-refractivity contribution in [2.75, 3.05) is 20.3 Å². The molecule has 1 fully saturated rings. The van der Waals surface area contributed by atoms with E-state index in [2.05, 4.69) is 0 Å². The molecule has 1 heterocycles. The maximum absolute atomic E-state index is 12.4. The highest BCUT2D eigenvalue weighted by Crippen LogP contribution is 2.25. The topological polar surface area (TPSA) is 98.7 Å². The molecule has 0 radical (unpaired) electrons. The molecule has 0 aromatic heterocycles. The van der Waals surface area contributed by atoms with Crippen LogP contribution >= 0.6 is 0 Å². The first-order valence-corrected chi connectivity index (χ1v) is 6.76. The summed E-state index contributed by atoms with van der Waals surface area (Å²) in [5.41, 5.74) is 6.59. The summed E-state index contributed by atoms with van der Waals surface area (Å²) >= 11 is 0. The van der Waals surface area contributed by atoms with Crippen molar-refractivity contribution in [3.05, 3.63) is 39.9 Å². The molecule has 2 rings (SSSR count). The minimum absolute atomic E-state index is 0.0149. The van der Waals surface area contributed by atoms with Gasteiger partial charge in [0.2, 0.25) is 5.91 Å². The lowest BCUT2D eigenvalue weighted by Gasteiger charge is -2.28. The SMILES string of the molecule is CC(c1cccc([N+](=O)[O-])c1)N(C)C(=O)C1COCC1N. The number of nitrogens with zero attached hydrogens (tertiary/aromatic N) is 2. The molecule has 1 amide bonds. The average molecular weight is 293 g/mol. The number of nitro groups is 1. The zero-order valence-electron chi connectivity index (χ0n) is 12.1. The second-order valence-electron chi connectivity index (χ2n) is 5.29. The Morgan fingerprint density at radius 2 is 2.24 bits per heavy atom. The molecule has 1 aliphatic rings. The van der Waals surface area contributed by atoms with Gasteiger partial charge in [0, 0.05) is 25.2 Å². The third-order valence-corrected chi connectivity index (χ3v) is 3.93. The Labute approximate surface area is 122 Å². The summed E-state index contributed by atoms with van der Waals surface area (Å²) in [5.74, 6) is -0.449. The minimum atomic E-state index is -0.446. The molecular formula is C14H19N3O4. The number of amides is 1. The third-order valence-electron chi connectivity index (χ3n) is 3.93. The van der Waals surface area contributed by atoms with Crippen LogP contribution in [0, 0.1) is 16.0 Å². The molecule has 7 heteroatoms. The van der Waals surface area contributed by atoms with Gasteiger partial charge in [-0.3, -0.25) is 14.9 Å². The largest absolute Gasteiger partial charge is 0.379 e. The molecule has 1 saturated heterocycles. The van der Waals surface area contributed by atoms with E-state index in [1.807, 2.05) is 6.92 Å². The third kappa shape index (κ3) is 3.20. The molecule has 114 valence electrons. The number of nitro benzene ring substituents is 1. The normalized spacial score (nSPS) is 22.8. The number of carbonyl (C=O) groups excluding carboxylic acids is 1. The van der Waals surface area contributed by atoms with Gasteiger partial charge < -0.3 is 15.4 Å². The number of carbonyl (C=O) groups is 1. The molecule has 0 saturated carbocycles. The minimum Gasteiger partial charge on any atom is -0.379 e. The molecule has 1 aliphatic heterocycles. The van der Waals surface area contributed by atoms with Crippen LogP contribution < -0.4 is 5.73 Å². The molecule has 0 bridgehead atoms. The van der Waals surface area contributed by atoms with Crippen molar-refractivity contribution in [1.29, 1.82) is 0 Å². The van der Waals surface area contributed by atoms with Crippen LogP contribution in [0.3, 0.4) is 0 Å². The fraction of sp³-hybridized carbons (Fsp3) is 0.500. The fourth-order valence-corrected chi connectivity index (χ4v) is 2.40. The van der Waals surface area contributed by atoms with Crippen molar-refractivity contribution in [3.8, 4) is 0 Å². The van der Waals surface area contributed by atoms with E-state index in [-0.39, 0.29) is 29.6 Å². The summed E-state index contributed by atoms with van der Waals surface area (Å²) in [4.78, 5) is 24.4. The zero-order valence-corrected chi connectivity index (χ0v) is 12.1. The summed E-state index contributed by atoms with van der Waals surface area (Å²) in [5, 5.41) is 10.8. The van der Waals surface area contributed by atoms with E-state index in [1.165, 1.54) is 12.1 Å². The van der Waals surface area contributed by atoms with Crippen LogP contribution in [0.15, 0.2) is 24.3 Å². The molecule has 0 spiro atoms. The highest BCUT2D eigenvalue weighted by molar-refractivity contribution is 5.80. The summed E-state index contributed by atoms with van der Waals surface area (Å²) in [6, 6.07) is 5.74. The maximum atomic E-state index is 12.4. The lowest BCUT2D eigenvalue weighted by molar-refractivity contribution is -0.384. The lowest BCUT2D eigenvalue weighted by atomic mass is 10.0. The quantitative estimate of drug-likeness (QED) is 0.661. The van der Waals surface area contributed by atoms with Crippen LogP contribution in [0.4, 0.5) is 5.69 Å². The van der Waals surface area contributed by atoms with E-state index in [9.17, 15) is 14.9 Å². The molecular weight excluding hydrogens is 274 g/mol. The molecule has 0 aliphatic carbocycles. The van der Waals surface area contributed by atoms with Crippen molar-refractivity contribution < 1.29 is 14.5 Å². The van der Waals surface area contributed by atoms with Gasteiger partial charge in [-0.2, -0.15) is 0 Å². The second-order valence-corrected chi connectivity index (χ2v) is 5.29. The summed E-state index contributed by atoms with van der Waals surface area (Å²) < 4.78 is 5.21. The first-order chi connectivity index (χ1) is 9.91. The van der Waals surface area contributed by atoms with Gasteiger partial charge in [-0.25, -0.2) is 0 Å². The Bertz CT molecular complexity index is 549. The first-order valence-electron chi connectivity index (χ1n) is 6.76. The first kappa shape index (κ1) is 15.4. The summed E-state index contributed by atoms with van der Waals surface area (Å²) in [6.45, 7) is 2.54. The van der Waals surface area contributed by atoms with Crippen LogP contribution in [0.25, 0.3) is 0 Å². The standard InChI is InChI=1S/C14H19N3O4/c1-9(10-4-3-5-11(6-10)17(19)20)16(2)14(18)12-7-21-8-13(12)15/h3-6,9,12-13H,7-8,15H2,1-2H3. The van der Waals surface area contributed by atoms with Gasteiger partial charge >= 0.3 is 0 Å². The molecule has 1 aromatic carbocycles. The average Bonchev–Trinajstić information content (AvgIpc) is 2.91. The van der Waals surface area contributed by atoms with Crippen molar-refractivity contribution in [2.24, 2.45) is 11.7 Å². The lowest BCUT2D eigenvalue weighted by Crippen LogP contribution is -2.42. The van der Waals surface area contributed by atoms with Crippen LogP contribution in [0.5, 0.6) is 0 Å². The number of nitrogens with two attached hydrogens (primary N) is 1. The van der Waals surface area contributed by atoms with Gasteiger partial charge in [-0.1, -0.05) is 12.1 Å². The van der Waals surface area contributed by atoms with Crippen LogP contribution in [-0.4, -0.2) is 42.0 Å². The van der Waals surface area contributed by atoms with Crippen molar-refractivity contribution in [2.45, 2.75) is 19.0 Å². The maximum Gasteiger partial charge on any atom is 0.269 e. The zero-order chi connectivity index (χ0) is 15.6. The van der Waals surface area contributed by atoms with Gasteiger partial charge in [-0.05, 0) is 12.5 Å². The predicted molar refractivity (Wildman–Crippen MR) is 76.6 cm³/mol. The molecule has 1 aromatic rings. The van der Waals surface area contributed by atoms with E-state index in [1.54, 1.807) is 24.1 Å². The number of hydrogen-bond acceptors (Lipinski definition) is 5. The van der Waals surface area contributed by atoms with E-state index in [0.29, 0.717) is 18.8 Å². The van der Waals surface area contributed by atoms with Crippen molar-refractivity contribution >= 4 is 11.6 Å². The Kier molecular flexibility index (Phi) is 4.54. The molecule has 21 heavy (non-hydrogen) atoms. The van der Waals surface area contributed by atoms with Gasteiger partial charge in [-0.15, -0.1) is 0 Å². The predicted octanol–water partition coefficient (Wildman–Crippen LogP) is 1.09. The summed E-state index contributed by atoms with van der Waals surface area (Å²) in [7, 11) is 1.68. The van der Waals surface area contributed by atoms with Crippen LogP contribution in [0.1, 0.15) is 18.5 Å². The number of rotatable bonds is 4. The molecule has 2 N–H and O–H groups in total. The monoisotopic (exact) mass is 293 g/mol. The smallest absolute Gasteiger partial charge is 0.269 e. The molecule has 7 nitrogen and oxygen atoms in total. The van der Waals surface area contributed by atoms with E-state index >= 15 is 0 Å². The number of ether oxygens (including phenoxy) is 1. The summed E-state index contributed by atoms with van der Waals surface area (Å²) in [6.07, 6.45) is 0. The fourth-order valence-electron chi connectivity index (χ4n) is 2.40. The van der Waals surface area contributed by atoms with Crippen LogP contribution in [-0.2, 0) is 9.53 Å². The Morgan fingerprint density at radius 1 is 1.52 bits per heavy atom. The van der Waals surface area contributed by atoms with E-state index in [4.69, 9.17) is 10.5 Å². The molecule has 3 atom stereocenters. The van der Waals surface area contributed by atoms with Crippen molar-refractivity contribution in [3.63, 3.8) is 0 Å². The Hall–Kier alpha value is -1.99.